The average Bonchev–Trinajstić information content (AvgIpc) is 2.24. The molecule has 0 spiro atoms. The van der Waals surface area contributed by atoms with E-state index in [0.717, 1.165) is 22.0 Å². The van der Waals surface area contributed by atoms with E-state index in [1.165, 1.54) is 6.07 Å². The molecule has 3 heteroatoms. The van der Waals surface area contributed by atoms with Crippen LogP contribution in [-0.4, -0.2) is 10.1 Å². The fraction of sp³-hybridized carbons (Fsp3) is 0.154. The maximum atomic E-state index is 11.3. The summed E-state index contributed by atoms with van der Waals surface area (Å²) in [5.41, 5.74) is 2.30. The Labute approximate surface area is 93.1 Å². The Hall–Kier alpha value is -2.03. The number of hydrogen-bond acceptors (Lipinski definition) is 2. The minimum atomic E-state index is -0.133. The zero-order chi connectivity index (χ0) is 11.7. The first kappa shape index (κ1) is 10.5. The van der Waals surface area contributed by atoms with Crippen LogP contribution < -0.4 is 5.56 Å². The first-order valence-electron chi connectivity index (χ1n) is 5.09. The summed E-state index contributed by atoms with van der Waals surface area (Å²) in [6.45, 7) is 5.52. The van der Waals surface area contributed by atoms with Gasteiger partial charge in [0.25, 0.3) is 0 Å². The van der Waals surface area contributed by atoms with E-state index in [0.29, 0.717) is 6.42 Å². The SMILES string of the molecule is C=CCc1c(O)cc(C)c2[nH]c(=O)ccc12. The summed E-state index contributed by atoms with van der Waals surface area (Å²) < 4.78 is 0. The topological polar surface area (TPSA) is 53.1 Å². The number of aromatic hydroxyl groups is 1. The molecule has 0 fully saturated rings. The van der Waals surface area contributed by atoms with Gasteiger partial charge in [0.1, 0.15) is 5.75 Å². The molecule has 0 atom stereocenters. The van der Waals surface area contributed by atoms with Crippen molar-refractivity contribution in [3.05, 3.63) is 52.3 Å². The predicted molar refractivity (Wildman–Crippen MR) is 64.9 cm³/mol. The van der Waals surface area contributed by atoms with Gasteiger partial charge in [0.15, 0.2) is 0 Å². The molecule has 2 rings (SSSR count). The highest BCUT2D eigenvalue weighted by Gasteiger charge is 2.08. The van der Waals surface area contributed by atoms with Gasteiger partial charge in [-0.05, 0) is 31.0 Å². The fourth-order valence-electron chi connectivity index (χ4n) is 1.90. The molecule has 0 unspecified atom stereocenters. The maximum Gasteiger partial charge on any atom is 0.248 e. The second-order valence-corrected chi connectivity index (χ2v) is 3.80. The Kier molecular flexibility index (Phi) is 2.52. The summed E-state index contributed by atoms with van der Waals surface area (Å²) in [4.78, 5) is 14.0. The number of hydrogen-bond donors (Lipinski definition) is 2. The quantitative estimate of drug-likeness (QED) is 0.755. The standard InChI is InChI=1S/C13H13NO2/c1-3-4-9-10-5-6-12(16)14-13(10)8(2)7-11(9)15/h3,5-7,15H,1,4H2,2H3,(H,14,16). The lowest BCUT2D eigenvalue weighted by atomic mass is 10.0. The molecule has 0 aliphatic heterocycles. The number of aryl methyl sites for hydroxylation is 1. The minimum Gasteiger partial charge on any atom is -0.508 e. The highest BCUT2D eigenvalue weighted by molar-refractivity contribution is 5.87. The molecule has 3 nitrogen and oxygen atoms in total. The van der Waals surface area contributed by atoms with Gasteiger partial charge in [-0.15, -0.1) is 6.58 Å². The molecule has 1 heterocycles. The summed E-state index contributed by atoms with van der Waals surface area (Å²) >= 11 is 0. The van der Waals surface area contributed by atoms with Crippen LogP contribution in [0.15, 0.2) is 35.6 Å². The molecule has 1 aromatic carbocycles. The number of phenols is 1. The van der Waals surface area contributed by atoms with Crippen molar-refractivity contribution in [2.24, 2.45) is 0 Å². The zero-order valence-electron chi connectivity index (χ0n) is 9.08. The van der Waals surface area contributed by atoms with Crippen LogP contribution >= 0.6 is 0 Å². The number of nitrogens with one attached hydrogen (secondary N) is 1. The van der Waals surface area contributed by atoms with Crippen molar-refractivity contribution in [1.82, 2.24) is 4.98 Å². The number of phenolic OH excluding ortho intramolecular Hbond substituents is 1. The monoisotopic (exact) mass is 215 g/mol. The Morgan fingerprint density at radius 2 is 2.25 bits per heavy atom. The number of allylic oxidation sites excluding steroid dienone is 1. The van der Waals surface area contributed by atoms with Crippen LogP contribution in [0.1, 0.15) is 11.1 Å². The molecule has 0 aliphatic carbocycles. The molecule has 2 aromatic rings. The smallest absolute Gasteiger partial charge is 0.248 e. The molecular weight excluding hydrogens is 202 g/mol. The van der Waals surface area contributed by atoms with Crippen LogP contribution in [0.5, 0.6) is 5.75 Å². The predicted octanol–water partition coefficient (Wildman–Crippen LogP) is 2.27. The van der Waals surface area contributed by atoms with E-state index in [2.05, 4.69) is 11.6 Å². The molecule has 0 aliphatic rings. The van der Waals surface area contributed by atoms with Crippen LogP contribution in [0.2, 0.25) is 0 Å². The summed E-state index contributed by atoms with van der Waals surface area (Å²) in [5, 5.41) is 10.7. The fourth-order valence-corrected chi connectivity index (χ4v) is 1.90. The van der Waals surface area contributed by atoms with Crippen molar-refractivity contribution in [3.8, 4) is 5.75 Å². The first-order chi connectivity index (χ1) is 7.63. The van der Waals surface area contributed by atoms with E-state index in [-0.39, 0.29) is 11.3 Å². The number of rotatable bonds is 2. The molecule has 0 bridgehead atoms. The largest absolute Gasteiger partial charge is 0.508 e. The number of aromatic nitrogens is 1. The summed E-state index contributed by atoms with van der Waals surface area (Å²) in [5.74, 6) is 0.247. The Bertz CT molecular complexity index is 611. The highest BCUT2D eigenvalue weighted by Crippen LogP contribution is 2.28. The number of aromatic amines is 1. The van der Waals surface area contributed by atoms with Crippen molar-refractivity contribution in [2.75, 3.05) is 0 Å². The number of H-pyrrole nitrogens is 1. The van der Waals surface area contributed by atoms with Gasteiger partial charge in [-0.25, -0.2) is 0 Å². The Balaban J connectivity index is 2.89. The van der Waals surface area contributed by atoms with Gasteiger partial charge in [-0.3, -0.25) is 4.79 Å². The summed E-state index contributed by atoms with van der Waals surface area (Å²) in [7, 11) is 0. The van der Waals surface area contributed by atoms with Crippen LogP contribution in [0.3, 0.4) is 0 Å². The molecule has 2 N–H and O–H groups in total. The van der Waals surface area contributed by atoms with Gasteiger partial charge >= 0.3 is 0 Å². The summed E-state index contributed by atoms with van der Waals surface area (Å²) in [6.07, 6.45) is 2.31. The number of pyridine rings is 1. The summed E-state index contributed by atoms with van der Waals surface area (Å²) in [6, 6.07) is 4.87. The number of fused-ring (bicyclic) bond motifs is 1. The lowest BCUT2D eigenvalue weighted by Gasteiger charge is -2.09. The zero-order valence-corrected chi connectivity index (χ0v) is 9.08. The van der Waals surface area contributed by atoms with Crippen molar-refractivity contribution in [2.45, 2.75) is 13.3 Å². The molecule has 0 amide bonds. The van der Waals surface area contributed by atoms with Gasteiger partial charge in [0.05, 0.1) is 5.52 Å². The van der Waals surface area contributed by atoms with E-state index in [1.54, 1.807) is 18.2 Å². The van der Waals surface area contributed by atoms with Crippen LogP contribution in [-0.2, 0) is 6.42 Å². The molecule has 0 radical (unpaired) electrons. The lowest BCUT2D eigenvalue weighted by molar-refractivity contribution is 0.470. The lowest BCUT2D eigenvalue weighted by Crippen LogP contribution is -2.04. The minimum absolute atomic E-state index is 0.133. The molecule has 16 heavy (non-hydrogen) atoms. The van der Waals surface area contributed by atoms with E-state index in [4.69, 9.17) is 0 Å². The average molecular weight is 215 g/mol. The highest BCUT2D eigenvalue weighted by atomic mass is 16.3. The molecular formula is C13H13NO2. The van der Waals surface area contributed by atoms with Gasteiger partial charge in [-0.2, -0.15) is 0 Å². The molecule has 82 valence electrons. The van der Waals surface area contributed by atoms with E-state index < -0.39 is 0 Å². The normalized spacial score (nSPS) is 10.6. The third-order valence-electron chi connectivity index (χ3n) is 2.65. The van der Waals surface area contributed by atoms with Gasteiger partial charge < -0.3 is 10.1 Å². The maximum absolute atomic E-state index is 11.3. The third-order valence-corrected chi connectivity index (χ3v) is 2.65. The van der Waals surface area contributed by atoms with Crippen molar-refractivity contribution in [1.29, 1.82) is 0 Å². The van der Waals surface area contributed by atoms with Crippen molar-refractivity contribution < 1.29 is 5.11 Å². The van der Waals surface area contributed by atoms with E-state index >= 15 is 0 Å². The second-order valence-electron chi connectivity index (χ2n) is 3.80. The molecule has 0 saturated carbocycles. The third kappa shape index (κ3) is 1.60. The van der Waals surface area contributed by atoms with Gasteiger partial charge in [0.2, 0.25) is 5.56 Å². The number of benzene rings is 1. The Morgan fingerprint density at radius 1 is 1.50 bits per heavy atom. The van der Waals surface area contributed by atoms with Crippen molar-refractivity contribution >= 4 is 10.9 Å². The molecule has 0 saturated heterocycles. The van der Waals surface area contributed by atoms with E-state index in [1.807, 2.05) is 6.92 Å². The van der Waals surface area contributed by atoms with Gasteiger partial charge in [-0.1, -0.05) is 6.08 Å². The first-order valence-corrected chi connectivity index (χ1v) is 5.09. The van der Waals surface area contributed by atoms with Crippen LogP contribution in [0, 0.1) is 6.92 Å². The van der Waals surface area contributed by atoms with E-state index in [9.17, 15) is 9.90 Å². The van der Waals surface area contributed by atoms with Gasteiger partial charge in [0, 0.05) is 17.0 Å². The van der Waals surface area contributed by atoms with Crippen LogP contribution in [0.25, 0.3) is 10.9 Å². The van der Waals surface area contributed by atoms with Crippen molar-refractivity contribution in [3.63, 3.8) is 0 Å². The Morgan fingerprint density at radius 3 is 2.94 bits per heavy atom. The molecule has 1 aromatic heterocycles. The second kappa shape index (κ2) is 3.85. The van der Waals surface area contributed by atoms with Crippen LogP contribution in [0.4, 0.5) is 0 Å².